The SMILES string of the molecule is c1ccc(-c2ccc(-c3cc(-c4ccccc4)cc(-c4cccc(-n5c6ccccc6c6c(-c7ccccc7)nc7ccccc7c65)c4)n3)cc2)cc1. The summed E-state index contributed by atoms with van der Waals surface area (Å²) in [6, 6.07) is 70.8. The van der Waals surface area contributed by atoms with Gasteiger partial charge in [-0.3, -0.25) is 0 Å². The molecule has 0 saturated heterocycles. The molecule has 0 amide bonds. The minimum atomic E-state index is 0.924. The molecule has 3 heterocycles. The van der Waals surface area contributed by atoms with E-state index in [1.807, 2.05) is 0 Å². The van der Waals surface area contributed by atoms with Crippen molar-refractivity contribution in [3.05, 3.63) is 200 Å². The van der Waals surface area contributed by atoms with Gasteiger partial charge in [0.1, 0.15) is 0 Å². The second kappa shape index (κ2) is 12.9. The van der Waals surface area contributed by atoms with Crippen LogP contribution in [0.3, 0.4) is 0 Å². The molecule has 0 aliphatic carbocycles. The highest BCUT2D eigenvalue weighted by atomic mass is 15.0. The van der Waals surface area contributed by atoms with Crippen molar-refractivity contribution in [2.24, 2.45) is 0 Å². The fourth-order valence-corrected chi connectivity index (χ4v) is 7.65. The fraction of sp³-hybridized carbons (Fsp3) is 0. The number of benzene rings is 7. The van der Waals surface area contributed by atoms with Gasteiger partial charge in [0.2, 0.25) is 0 Å². The van der Waals surface area contributed by atoms with Crippen LogP contribution in [0.4, 0.5) is 0 Å². The Morgan fingerprint density at radius 1 is 0.340 bits per heavy atom. The Morgan fingerprint density at radius 2 is 0.868 bits per heavy atom. The first-order valence-electron chi connectivity index (χ1n) is 18.0. The van der Waals surface area contributed by atoms with Crippen LogP contribution in [-0.2, 0) is 0 Å². The molecule has 0 fully saturated rings. The number of nitrogens with zero attached hydrogens (tertiary/aromatic N) is 3. The van der Waals surface area contributed by atoms with E-state index < -0.39 is 0 Å². The fourth-order valence-electron chi connectivity index (χ4n) is 7.65. The van der Waals surface area contributed by atoms with E-state index in [2.05, 4.69) is 205 Å². The molecule has 0 aliphatic heterocycles. The topological polar surface area (TPSA) is 30.7 Å². The Hall–Kier alpha value is -7.10. The molecule has 248 valence electrons. The van der Waals surface area contributed by atoms with Gasteiger partial charge in [-0.2, -0.15) is 0 Å². The standard InChI is InChI=1S/C50H33N3/c1-4-15-34(16-5-1)36-27-29-37(30-28-36)45-32-40(35-17-6-2-7-18-35)33-46(51-45)39-21-14-22-41(31-39)53-47-26-13-11-24-43(47)48-49(38-19-8-3-9-20-38)52-44-25-12-10-23-42(44)50(48)53/h1-33H. The van der Waals surface area contributed by atoms with E-state index in [0.29, 0.717) is 0 Å². The summed E-state index contributed by atoms with van der Waals surface area (Å²) in [5.41, 5.74) is 15.1. The predicted octanol–water partition coefficient (Wildman–Crippen LogP) is 13.1. The monoisotopic (exact) mass is 675 g/mol. The van der Waals surface area contributed by atoms with Crippen LogP contribution in [0.15, 0.2) is 200 Å². The lowest BCUT2D eigenvalue weighted by Gasteiger charge is -2.14. The molecule has 0 atom stereocenters. The van der Waals surface area contributed by atoms with Crippen LogP contribution >= 0.6 is 0 Å². The van der Waals surface area contributed by atoms with Gasteiger partial charge in [-0.15, -0.1) is 0 Å². The van der Waals surface area contributed by atoms with Gasteiger partial charge in [-0.25, -0.2) is 9.97 Å². The molecule has 3 aromatic heterocycles. The Morgan fingerprint density at radius 3 is 1.58 bits per heavy atom. The Bertz CT molecular complexity index is 2910. The summed E-state index contributed by atoms with van der Waals surface area (Å²) in [6.45, 7) is 0. The maximum Gasteiger partial charge on any atom is 0.0809 e. The average Bonchev–Trinajstić information content (AvgIpc) is 3.60. The van der Waals surface area contributed by atoms with Crippen molar-refractivity contribution in [1.29, 1.82) is 0 Å². The van der Waals surface area contributed by atoms with Crippen LogP contribution in [0.5, 0.6) is 0 Å². The molecular weight excluding hydrogens is 643 g/mol. The molecule has 3 heteroatoms. The zero-order valence-electron chi connectivity index (χ0n) is 28.9. The predicted molar refractivity (Wildman–Crippen MR) is 221 cm³/mol. The summed E-state index contributed by atoms with van der Waals surface area (Å²) < 4.78 is 2.41. The van der Waals surface area contributed by atoms with Crippen molar-refractivity contribution in [3.63, 3.8) is 0 Å². The van der Waals surface area contributed by atoms with Gasteiger partial charge < -0.3 is 4.57 Å². The zero-order chi connectivity index (χ0) is 35.1. The van der Waals surface area contributed by atoms with E-state index in [-0.39, 0.29) is 0 Å². The van der Waals surface area contributed by atoms with E-state index in [9.17, 15) is 0 Å². The Kier molecular flexibility index (Phi) is 7.47. The average molecular weight is 676 g/mol. The molecule has 0 N–H and O–H groups in total. The third-order valence-electron chi connectivity index (χ3n) is 10.2. The van der Waals surface area contributed by atoms with Gasteiger partial charge in [0.05, 0.1) is 33.6 Å². The number of hydrogen-bond donors (Lipinski definition) is 0. The first-order valence-corrected chi connectivity index (χ1v) is 18.0. The number of hydrogen-bond acceptors (Lipinski definition) is 2. The zero-order valence-corrected chi connectivity index (χ0v) is 28.9. The van der Waals surface area contributed by atoms with Gasteiger partial charge in [-0.05, 0) is 58.7 Å². The molecule has 10 aromatic rings. The van der Waals surface area contributed by atoms with Crippen molar-refractivity contribution < 1.29 is 0 Å². The maximum absolute atomic E-state index is 5.33. The summed E-state index contributed by atoms with van der Waals surface area (Å²) >= 11 is 0. The number of pyridine rings is 2. The molecule has 0 spiro atoms. The molecule has 53 heavy (non-hydrogen) atoms. The summed E-state index contributed by atoms with van der Waals surface area (Å²) in [5.74, 6) is 0. The van der Waals surface area contributed by atoms with Gasteiger partial charge in [0.25, 0.3) is 0 Å². The van der Waals surface area contributed by atoms with Crippen molar-refractivity contribution in [2.75, 3.05) is 0 Å². The molecule has 0 saturated carbocycles. The summed E-state index contributed by atoms with van der Waals surface area (Å²) in [6.07, 6.45) is 0. The summed E-state index contributed by atoms with van der Waals surface area (Å²) in [4.78, 5) is 10.6. The Labute approximate surface area is 308 Å². The van der Waals surface area contributed by atoms with Crippen molar-refractivity contribution >= 4 is 32.7 Å². The van der Waals surface area contributed by atoms with E-state index in [0.717, 1.165) is 77.9 Å². The third-order valence-corrected chi connectivity index (χ3v) is 10.2. The van der Waals surface area contributed by atoms with Crippen LogP contribution in [-0.4, -0.2) is 14.5 Å². The van der Waals surface area contributed by atoms with Gasteiger partial charge >= 0.3 is 0 Å². The van der Waals surface area contributed by atoms with Crippen molar-refractivity contribution in [1.82, 2.24) is 14.5 Å². The van der Waals surface area contributed by atoms with Gasteiger partial charge in [-0.1, -0.05) is 164 Å². The molecule has 0 bridgehead atoms. The molecular formula is C50H33N3. The first kappa shape index (κ1) is 30.7. The van der Waals surface area contributed by atoms with E-state index in [4.69, 9.17) is 9.97 Å². The normalized spacial score (nSPS) is 11.4. The van der Waals surface area contributed by atoms with Crippen LogP contribution in [0.1, 0.15) is 0 Å². The van der Waals surface area contributed by atoms with Crippen molar-refractivity contribution in [3.8, 4) is 61.7 Å². The molecule has 7 aromatic carbocycles. The van der Waals surface area contributed by atoms with Crippen LogP contribution < -0.4 is 0 Å². The largest absolute Gasteiger partial charge is 0.308 e. The van der Waals surface area contributed by atoms with Crippen LogP contribution in [0, 0.1) is 0 Å². The lowest BCUT2D eigenvalue weighted by Crippen LogP contribution is -1.97. The number of fused-ring (bicyclic) bond motifs is 5. The second-order valence-corrected chi connectivity index (χ2v) is 13.4. The summed E-state index contributed by atoms with van der Waals surface area (Å²) in [7, 11) is 0. The molecule has 0 aliphatic rings. The number of aromatic nitrogens is 3. The quantitative estimate of drug-likeness (QED) is 0.176. The van der Waals surface area contributed by atoms with Crippen LogP contribution in [0.25, 0.3) is 94.4 Å². The lowest BCUT2D eigenvalue weighted by atomic mass is 9.98. The first-order chi connectivity index (χ1) is 26.3. The van der Waals surface area contributed by atoms with E-state index in [1.54, 1.807) is 0 Å². The van der Waals surface area contributed by atoms with E-state index in [1.165, 1.54) is 16.5 Å². The second-order valence-electron chi connectivity index (χ2n) is 13.4. The highest BCUT2D eigenvalue weighted by Gasteiger charge is 2.21. The molecule has 10 rings (SSSR count). The maximum atomic E-state index is 5.33. The van der Waals surface area contributed by atoms with E-state index >= 15 is 0 Å². The summed E-state index contributed by atoms with van der Waals surface area (Å²) in [5, 5.41) is 3.45. The minimum absolute atomic E-state index is 0.924. The minimum Gasteiger partial charge on any atom is -0.308 e. The molecule has 0 radical (unpaired) electrons. The smallest absolute Gasteiger partial charge is 0.0809 e. The van der Waals surface area contributed by atoms with Gasteiger partial charge in [0, 0.05) is 38.5 Å². The van der Waals surface area contributed by atoms with Gasteiger partial charge in [0.15, 0.2) is 0 Å². The molecule has 3 nitrogen and oxygen atoms in total. The highest BCUT2D eigenvalue weighted by molar-refractivity contribution is 6.22. The Balaban J connectivity index is 1.18. The lowest BCUT2D eigenvalue weighted by molar-refractivity contribution is 1.18. The number of rotatable bonds is 6. The highest BCUT2D eigenvalue weighted by Crippen LogP contribution is 2.41. The third kappa shape index (κ3) is 5.47. The number of para-hydroxylation sites is 2. The molecule has 0 unspecified atom stereocenters. The van der Waals surface area contributed by atoms with Crippen LogP contribution in [0.2, 0.25) is 0 Å². The van der Waals surface area contributed by atoms with Crippen molar-refractivity contribution in [2.45, 2.75) is 0 Å².